The van der Waals surface area contributed by atoms with Gasteiger partial charge in [0, 0.05) is 11.6 Å². The average molecular weight is 243 g/mol. The molecule has 0 saturated heterocycles. The number of anilines is 1. The molecule has 0 aliphatic rings. The van der Waals surface area contributed by atoms with Crippen LogP contribution in [0.4, 0.5) is 5.95 Å². The molecule has 2 aromatic rings. The van der Waals surface area contributed by atoms with E-state index in [1.165, 1.54) is 0 Å². The minimum Gasteiger partial charge on any atom is -0.368 e. The Morgan fingerprint density at radius 3 is 2.44 bits per heavy atom. The summed E-state index contributed by atoms with van der Waals surface area (Å²) >= 11 is 0. The molecular formula is C13H17N5. The van der Waals surface area contributed by atoms with Gasteiger partial charge in [-0.3, -0.25) is 4.98 Å². The van der Waals surface area contributed by atoms with E-state index in [0.29, 0.717) is 11.6 Å². The first-order chi connectivity index (χ1) is 8.36. The van der Waals surface area contributed by atoms with Crippen LogP contribution >= 0.6 is 0 Å². The zero-order valence-electron chi connectivity index (χ0n) is 11.1. The third-order valence-corrected chi connectivity index (χ3v) is 2.47. The highest BCUT2D eigenvalue weighted by Crippen LogP contribution is 2.21. The van der Waals surface area contributed by atoms with Crippen LogP contribution < -0.4 is 5.73 Å². The number of pyridine rings is 1. The minimum atomic E-state index is -0.171. The van der Waals surface area contributed by atoms with E-state index in [1.54, 1.807) is 6.20 Å². The van der Waals surface area contributed by atoms with E-state index in [2.05, 4.69) is 19.9 Å². The Kier molecular flexibility index (Phi) is 2.98. The summed E-state index contributed by atoms with van der Waals surface area (Å²) in [5.41, 5.74) is 7.40. The van der Waals surface area contributed by atoms with E-state index in [1.807, 2.05) is 39.8 Å². The Bertz CT molecular complexity index is 572. The van der Waals surface area contributed by atoms with Gasteiger partial charge in [0.25, 0.3) is 0 Å². The van der Waals surface area contributed by atoms with Crippen molar-refractivity contribution in [2.75, 3.05) is 5.73 Å². The van der Waals surface area contributed by atoms with Crippen molar-refractivity contribution in [3.05, 3.63) is 29.7 Å². The van der Waals surface area contributed by atoms with Crippen molar-refractivity contribution >= 4 is 5.95 Å². The summed E-state index contributed by atoms with van der Waals surface area (Å²) in [6.07, 6.45) is 1.74. The second-order valence-corrected chi connectivity index (χ2v) is 5.31. The van der Waals surface area contributed by atoms with Crippen LogP contribution in [0.25, 0.3) is 11.5 Å². The SMILES string of the molecule is Cc1ccnc(-c2nc(N)nc(C(C)(C)C)n2)c1. The first-order valence-electron chi connectivity index (χ1n) is 5.81. The molecule has 0 radical (unpaired) electrons. The van der Waals surface area contributed by atoms with Crippen molar-refractivity contribution in [1.29, 1.82) is 0 Å². The van der Waals surface area contributed by atoms with Crippen molar-refractivity contribution in [3.8, 4) is 11.5 Å². The second-order valence-electron chi connectivity index (χ2n) is 5.31. The van der Waals surface area contributed by atoms with E-state index >= 15 is 0 Å². The molecule has 0 aliphatic carbocycles. The van der Waals surface area contributed by atoms with Gasteiger partial charge in [-0.15, -0.1) is 0 Å². The van der Waals surface area contributed by atoms with Gasteiger partial charge >= 0.3 is 0 Å². The van der Waals surface area contributed by atoms with Crippen LogP contribution in [0.15, 0.2) is 18.3 Å². The number of aromatic nitrogens is 4. The summed E-state index contributed by atoms with van der Waals surface area (Å²) in [6.45, 7) is 8.11. The van der Waals surface area contributed by atoms with Gasteiger partial charge in [0.15, 0.2) is 5.82 Å². The molecule has 94 valence electrons. The van der Waals surface area contributed by atoms with Crippen LogP contribution in [0.5, 0.6) is 0 Å². The Morgan fingerprint density at radius 1 is 1.11 bits per heavy atom. The van der Waals surface area contributed by atoms with Gasteiger partial charge in [-0.25, -0.2) is 4.98 Å². The average Bonchev–Trinajstić information content (AvgIpc) is 2.27. The van der Waals surface area contributed by atoms with E-state index in [4.69, 9.17) is 5.73 Å². The number of aryl methyl sites for hydroxylation is 1. The van der Waals surface area contributed by atoms with Crippen LogP contribution in [-0.2, 0) is 5.41 Å². The monoisotopic (exact) mass is 243 g/mol. The predicted octanol–water partition coefficient (Wildman–Crippen LogP) is 2.12. The van der Waals surface area contributed by atoms with Crippen molar-refractivity contribution in [2.24, 2.45) is 0 Å². The van der Waals surface area contributed by atoms with Crippen molar-refractivity contribution in [3.63, 3.8) is 0 Å². The highest BCUT2D eigenvalue weighted by Gasteiger charge is 2.20. The molecule has 5 heteroatoms. The van der Waals surface area contributed by atoms with Gasteiger partial charge < -0.3 is 5.73 Å². The molecule has 0 fully saturated rings. The summed E-state index contributed by atoms with van der Waals surface area (Å²) in [7, 11) is 0. The normalized spacial score (nSPS) is 11.6. The van der Waals surface area contributed by atoms with Crippen LogP contribution in [0.2, 0.25) is 0 Å². The standard InChI is InChI=1S/C13H17N5/c1-8-5-6-15-9(7-8)10-16-11(13(2,3)4)18-12(14)17-10/h5-7H,1-4H3,(H2,14,16,17,18). The molecule has 2 rings (SSSR count). The van der Waals surface area contributed by atoms with Crippen LogP contribution in [0, 0.1) is 6.92 Å². The molecule has 0 spiro atoms. The zero-order valence-corrected chi connectivity index (χ0v) is 11.1. The number of rotatable bonds is 1. The van der Waals surface area contributed by atoms with E-state index in [0.717, 1.165) is 11.3 Å². The summed E-state index contributed by atoms with van der Waals surface area (Å²) < 4.78 is 0. The molecule has 18 heavy (non-hydrogen) atoms. The topological polar surface area (TPSA) is 77.6 Å². The fraction of sp³-hybridized carbons (Fsp3) is 0.385. The van der Waals surface area contributed by atoms with Crippen LogP contribution in [0.1, 0.15) is 32.2 Å². The third-order valence-electron chi connectivity index (χ3n) is 2.47. The molecule has 5 nitrogen and oxygen atoms in total. The fourth-order valence-electron chi connectivity index (χ4n) is 1.50. The van der Waals surface area contributed by atoms with Crippen LogP contribution in [0.3, 0.4) is 0 Å². The number of nitrogens with zero attached hydrogens (tertiary/aromatic N) is 4. The molecule has 2 N–H and O–H groups in total. The second kappa shape index (κ2) is 4.33. The van der Waals surface area contributed by atoms with E-state index in [9.17, 15) is 0 Å². The zero-order chi connectivity index (χ0) is 13.3. The smallest absolute Gasteiger partial charge is 0.223 e. The number of nitrogens with two attached hydrogens (primary N) is 1. The lowest BCUT2D eigenvalue weighted by Gasteiger charge is -2.17. The maximum Gasteiger partial charge on any atom is 0.223 e. The highest BCUT2D eigenvalue weighted by molar-refractivity contribution is 5.51. The Morgan fingerprint density at radius 2 is 1.83 bits per heavy atom. The molecule has 0 atom stereocenters. The quantitative estimate of drug-likeness (QED) is 0.830. The largest absolute Gasteiger partial charge is 0.368 e. The van der Waals surface area contributed by atoms with Crippen LogP contribution in [-0.4, -0.2) is 19.9 Å². The van der Waals surface area contributed by atoms with Crippen molar-refractivity contribution in [1.82, 2.24) is 19.9 Å². The first kappa shape index (κ1) is 12.4. The lowest BCUT2D eigenvalue weighted by atomic mass is 9.96. The molecule has 0 aliphatic heterocycles. The molecule has 0 amide bonds. The van der Waals surface area contributed by atoms with Gasteiger partial charge in [-0.05, 0) is 24.6 Å². The molecule has 0 saturated carbocycles. The minimum absolute atomic E-state index is 0.171. The molecule has 0 unspecified atom stereocenters. The first-order valence-corrected chi connectivity index (χ1v) is 5.81. The predicted molar refractivity (Wildman–Crippen MR) is 70.9 cm³/mol. The summed E-state index contributed by atoms with van der Waals surface area (Å²) in [5.74, 6) is 1.43. The van der Waals surface area contributed by atoms with E-state index in [-0.39, 0.29) is 11.4 Å². The Labute approximate surface area is 107 Å². The van der Waals surface area contributed by atoms with E-state index < -0.39 is 0 Å². The number of nitrogen functional groups attached to an aromatic ring is 1. The van der Waals surface area contributed by atoms with Crippen molar-refractivity contribution < 1.29 is 0 Å². The van der Waals surface area contributed by atoms with Gasteiger partial charge in [0.1, 0.15) is 11.5 Å². The molecule has 0 aromatic carbocycles. The molecular weight excluding hydrogens is 226 g/mol. The highest BCUT2D eigenvalue weighted by atomic mass is 15.1. The number of hydrogen-bond acceptors (Lipinski definition) is 5. The third kappa shape index (κ3) is 2.61. The fourth-order valence-corrected chi connectivity index (χ4v) is 1.50. The Hall–Kier alpha value is -2.04. The molecule has 0 bridgehead atoms. The summed E-state index contributed by atoms with van der Waals surface area (Å²) in [6, 6.07) is 3.86. The van der Waals surface area contributed by atoms with Gasteiger partial charge in [-0.1, -0.05) is 20.8 Å². The summed E-state index contributed by atoms with van der Waals surface area (Å²) in [5, 5.41) is 0. The lowest BCUT2D eigenvalue weighted by Crippen LogP contribution is -2.18. The maximum absolute atomic E-state index is 5.74. The maximum atomic E-state index is 5.74. The van der Waals surface area contributed by atoms with Gasteiger partial charge in [-0.2, -0.15) is 9.97 Å². The summed E-state index contributed by atoms with van der Waals surface area (Å²) in [4.78, 5) is 17.0. The lowest BCUT2D eigenvalue weighted by molar-refractivity contribution is 0.544. The van der Waals surface area contributed by atoms with Gasteiger partial charge in [0.05, 0.1) is 0 Å². The molecule has 2 aromatic heterocycles. The van der Waals surface area contributed by atoms with Gasteiger partial charge in [0.2, 0.25) is 5.95 Å². The Balaban J connectivity index is 2.55. The van der Waals surface area contributed by atoms with Crippen molar-refractivity contribution in [2.45, 2.75) is 33.1 Å². The molecule has 2 heterocycles. The number of hydrogen-bond donors (Lipinski definition) is 1.